The molecule has 0 aromatic heterocycles. The molecule has 1 amide bonds. The third-order valence-corrected chi connectivity index (χ3v) is 3.54. The molecule has 2 rings (SSSR count). The maximum atomic E-state index is 13.1. The van der Waals surface area contributed by atoms with Crippen LogP contribution in [0.1, 0.15) is 15.9 Å². The molecule has 20 heavy (non-hydrogen) atoms. The van der Waals surface area contributed by atoms with Gasteiger partial charge >= 0.3 is 0 Å². The van der Waals surface area contributed by atoms with Crippen LogP contribution in [-0.2, 0) is 6.42 Å². The second-order valence-corrected chi connectivity index (χ2v) is 5.23. The van der Waals surface area contributed by atoms with Gasteiger partial charge in [0.25, 0.3) is 5.91 Å². The van der Waals surface area contributed by atoms with Gasteiger partial charge in [-0.3, -0.25) is 4.79 Å². The molecule has 0 atom stereocenters. The number of carbonyl (C=O) groups excluding carboxylic acids is 1. The van der Waals surface area contributed by atoms with Gasteiger partial charge in [0.2, 0.25) is 0 Å². The Balaban J connectivity index is 1.92. The number of hydrogen-bond acceptors (Lipinski definition) is 2. The van der Waals surface area contributed by atoms with Gasteiger partial charge in [0, 0.05) is 16.7 Å². The normalized spacial score (nSPS) is 10.3. The van der Waals surface area contributed by atoms with Crippen LogP contribution in [0.4, 0.5) is 10.1 Å². The van der Waals surface area contributed by atoms with E-state index in [1.165, 1.54) is 18.2 Å². The highest BCUT2D eigenvalue weighted by molar-refractivity contribution is 9.10. The van der Waals surface area contributed by atoms with Crippen molar-refractivity contribution in [3.63, 3.8) is 0 Å². The van der Waals surface area contributed by atoms with Gasteiger partial charge in [-0.15, -0.1) is 0 Å². The molecule has 0 saturated heterocycles. The van der Waals surface area contributed by atoms with E-state index >= 15 is 0 Å². The van der Waals surface area contributed by atoms with E-state index in [2.05, 4.69) is 21.2 Å². The van der Waals surface area contributed by atoms with Crippen LogP contribution in [0.25, 0.3) is 0 Å². The smallest absolute Gasteiger partial charge is 0.252 e. The minimum absolute atomic E-state index is 0.294. The molecule has 0 spiro atoms. The van der Waals surface area contributed by atoms with Crippen molar-refractivity contribution in [1.29, 1.82) is 0 Å². The van der Waals surface area contributed by atoms with Crippen molar-refractivity contribution in [3.8, 4) is 0 Å². The number of nitrogens with one attached hydrogen (secondary N) is 1. The summed E-state index contributed by atoms with van der Waals surface area (Å²) in [4.78, 5) is 11.9. The van der Waals surface area contributed by atoms with Crippen LogP contribution in [0.15, 0.2) is 46.9 Å². The fourth-order valence-electron chi connectivity index (χ4n) is 1.77. The van der Waals surface area contributed by atoms with E-state index in [9.17, 15) is 9.18 Å². The fraction of sp³-hybridized carbons (Fsp3) is 0.133. The third-order valence-electron chi connectivity index (χ3n) is 2.85. The zero-order valence-electron chi connectivity index (χ0n) is 10.7. The summed E-state index contributed by atoms with van der Waals surface area (Å²) < 4.78 is 13.7. The minimum atomic E-state index is -0.433. The fourth-order valence-corrected chi connectivity index (χ4v) is 2.20. The van der Waals surface area contributed by atoms with E-state index in [-0.39, 0.29) is 5.91 Å². The number of hydrogen-bond donors (Lipinski definition) is 2. The molecule has 0 radical (unpaired) electrons. The van der Waals surface area contributed by atoms with Gasteiger partial charge in [0.1, 0.15) is 5.82 Å². The Morgan fingerprint density at radius 2 is 1.90 bits per heavy atom. The van der Waals surface area contributed by atoms with E-state index < -0.39 is 5.82 Å². The lowest BCUT2D eigenvalue weighted by Crippen LogP contribution is -2.26. The summed E-state index contributed by atoms with van der Waals surface area (Å²) in [6.45, 7) is 0.478. The van der Waals surface area contributed by atoms with E-state index in [0.717, 1.165) is 5.56 Å². The Bertz CT molecular complexity index is 614. The standard InChI is InChI=1S/C15H14BrFN2O/c16-14-6-3-11(17)9-13(14)15(20)19-8-7-10-1-4-12(18)5-2-10/h1-6,9H,7-8,18H2,(H,19,20). The Morgan fingerprint density at radius 3 is 2.60 bits per heavy atom. The molecule has 5 heteroatoms. The van der Waals surface area contributed by atoms with Crippen molar-refractivity contribution in [2.45, 2.75) is 6.42 Å². The summed E-state index contributed by atoms with van der Waals surface area (Å²) >= 11 is 3.23. The second-order valence-electron chi connectivity index (χ2n) is 4.37. The molecule has 2 aromatic rings. The highest BCUT2D eigenvalue weighted by atomic mass is 79.9. The van der Waals surface area contributed by atoms with Crippen LogP contribution in [0, 0.1) is 5.82 Å². The molecule has 3 N–H and O–H groups in total. The van der Waals surface area contributed by atoms with Gasteiger partial charge in [-0.25, -0.2) is 4.39 Å². The van der Waals surface area contributed by atoms with E-state index in [1.54, 1.807) is 0 Å². The van der Waals surface area contributed by atoms with E-state index in [4.69, 9.17) is 5.73 Å². The topological polar surface area (TPSA) is 55.1 Å². The van der Waals surface area contributed by atoms with Gasteiger partial charge in [-0.05, 0) is 58.2 Å². The van der Waals surface area contributed by atoms with Gasteiger partial charge in [-0.2, -0.15) is 0 Å². The van der Waals surface area contributed by atoms with Crippen LogP contribution in [0.3, 0.4) is 0 Å². The van der Waals surface area contributed by atoms with Crippen molar-refractivity contribution in [3.05, 3.63) is 63.9 Å². The van der Waals surface area contributed by atoms with E-state index in [0.29, 0.717) is 28.7 Å². The van der Waals surface area contributed by atoms with Gasteiger partial charge in [0.15, 0.2) is 0 Å². The Labute approximate surface area is 125 Å². The molecule has 3 nitrogen and oxygen atoms in total. The number of nitrogens with two attached hydrogens (primary N) is 1. The molecule has 104 valence electrons. The highest BCUT2D eigenvalue weighted by Crippen LogP contribution is 2.17. The highest BCUT2D eigenvalue weighted by Gasteiger charge is 2.10. The SMILES string of the molecule is Nc1ccc(CCNC(=O)c2cc(F)ccc2Br)cc1. The number of carbonyl (C=O) groups is 1. The summed E-state index contributed by atoms with van der Waals surface area (Å²) in [5.41, 5.74) is 7.68. The molecule has 0 heterocycles. The maximum absolute atomic E-state index is 13.1. The predicted molar refractivity (Wildman–Crippen MR) is 81.0 cm³/mol. The number of nitrogen functional groups attached to an aromatic ring is 1. The summed E-state index contributed by atoms with van der Waals surface area (Å²) in [7, 11) is 0. The lowest BCUT2D eigenvalue weighted by Gasteiger charge is -2.07. The van der Waals surface area contributed by atoms with Crippen LogP contribution in [0.2, 0.25) is 0 Å². The zero-order chi connectivity index (χ0) is 14.5. The van der Waals surface area contributed by atoms with Crippen LogP contribution < -0.4 is 11.1 Å². The zero-order valence-corrected chi connectivity index (χ0v) is 12.3. The number of halogens is 2. The first-order valence-corrected chi connectivity index (χ1v) is 6.93. The monoisotopic (exact) mass is 336 g/mol. The van der Waals surface area contributed by atoms with Crippen molar-refractivity contribution < 1.29 is 9.18 Å². The van der Waals surface area contributed by atoms with Gasteiger partial charge in [-0.1, -0.05) is 12.1 Å². The summed E-state index contributed by atoms with van der Waals surface area (Å²) in [6.07, 6.45) is 0.693. The van der Waals surface area contributed by atoms with Crippen LogP contribution in [-0.4, -0.2) is 12.5 Å². The number of rotatable bonds is 4. The average molecular weight is 337 g/mol. The molecule has 0 aliphatic heterocycles. The van der Waals surface area contributed by atoms with Crippen molar-refractivity contribution >= 4 is 27.5 Å². The van der Waals surface area contributed by atoms with Crippen LogP contribution in [0.5, 0.6) is 0 Å². The quantitative estimate of drug-likeness (QED) is 0.842. The lowest BCUT2D eigenvalue weighted by atomic mass is 10.1. The first-order valence-electron chi connectivity index (χ1n) is 6.14. The Kier molecular flexibility index (Phi) is 4.74. The molecule has 0 aliphatic carbocycles. The van der Waals surface area contributed by atoms with Gasteiger partial charge in [0.05, 0.1) is 5.56 Å². The largest absolute Gasteiger partial charge is 0.399 e. The summed E-state index contributed by atoms with van der Waals surface area (Å²) in [5.74, 6) is -0.733. The molecular formula is C15H14BrFN2O. The maximum Gasteiger partial charge on any atom is 0.252 e. The summed E-state index contributed by atoms with van der Waals surface area (Å²) in [6, 6.07) is 11.5. The lowest BCUT2D eigenvalue weighted by molar-refractivity contribution is 0.0953. The molecule has 0 aliphatic rings. The first-order chi connectivity index (χ1) is 9.56. The molecule has 0 bridgehead atoms. The van der Waals surface area contributed by atoms with Crippen molar-refractivity contribution in [2.24, 2.45) is 0 Å². The van der Waals surface area contributed by atoms with Crippen molar-refractivity contribution in [1.82, 2.24) is 5.32 Å². The van der Waals surface area contributed by atoms with Crippen LogP contribution >= 0.6 is 15.9 Å². The minimum Gasteiger partial charge on any atom is -0.399 e. The van der Waals surface area contributed by atoms with E-state index in [1.807, 2.05) is 24.3 Å². The Morgan fingerprint density at radius 1 is 1.20 bits per heavy atom. The van der Waals surface area contributed by atoms with Gasteiger partial charge < -0.3 is 11.1 Å². The third kappa shape index (κ3) is 3.81. The number of amides is 1. The molecule has 0 unspecified atom stereocenters. The molecule has 0 saturated carbocycles. The molecular weight excluding hydrogens is 323 g/mol. The first kappa shape index (κ1) is 14.5. The van der Waals surface area contributed by atoms with Crippen molar-refractivity contribution in [2.75, 3.05) is 12.3 Å². The summed E-state index contributed by atoms with van der Waals surface area (Å²) in [5, 5.41) is 2.76. The second kappa shape index (κ2) is 6.52. The molecule has 0 fully saturated rings. The Hall–Kier alpha value is -1.88. The number of anilines is 1. The average Bonchev–Trinajstić information content (AvgIpc) is 2.43. The molecule has 2 aromatic carbocycles. The number of benzene rings is 2. The predicted octanol–water partition coefficient (Wildman–Crippen LogP) is 3.14.